The highest BCUT2D eigenvalue weighted by Crippen LogP contribution is 2.21. The molecule has 1 aromatic heterocycles. The maximum Gasteiger partial charge on any atom is 0.255 e. The number of ether oxygens (including phenoxy) is 1. The molecule has 1 atom stereocenters. The third-order valence-electron chi connectivity index (χ3n) is 5.46. The minimum absolute atomic E-state index is 0.200. The van der Waals surface area contributed by atoms with Crippen LogP contribution < -0.4 is 15.4 Å². The molecule has 1 aliphatic heterocycles. The lowest BCUT2D eigenvalue weighted by Crippen LogP contribution is -2.45. The van der Waals surface area contributed by atoms with Crippen LogP contribution in [0.5, 0.6) is 5.75 Å². The first-order valence-electron chi connectivity index (χ1n) is 11.7. The van der Waals surface area contributed by atoms with Crippen molar-refractivity contribution in [1.82, 2.24) is 30.5 Å². The Morgan fingerprint density at radius 2 is 2.03 bits per heavy atom. The molecule has 1 aliphatic rings. The van der Waals surface area contributed by atoms with E-state index < -0.39 is 6.04 Å². The second kappa shape index (κ2) is 11.8. The lowest BCUT2D eigenvalue weighted by Gasteiger charge is -2.23. The lowest BCUT2D eigenvalue weighted by molar-refractivity contribution is -0.122. The summed E-state index contributed by atoms with van der Waals surface area (Å²) in [5, 5.41) is 14.3. The largest absolute Gasteiger partial charge is 0.493 e. The Balaban J connectivity index is 1.75. The number of carbonyl (C=O) groups is 2. The van der Waals surface area contributed by atoms with E-state index in [9.17, 15) is 9.59 Å². The first-order chi connectivity index (χ1) is 15.8. The van der Waals surface area contributed by atoms with Crippen LogP contribution in [0.1, 0.15) is 55.2 Å². The molecule has 180 valence electrons. The summed E-state index contributed by atoms with van der Waals surface area (Å²) < 4.78 is 7.78. The second-order valence-electron chi connectivity index (χ2n) is 9.14. The number of nitrogens with one attached hydrogen (secondary N) is 2. The summed E-state index contributed by atoms with van der Waals surface area (Å²) in [6, 6.07) is 4.80. The predicted octanol–water partition coefficient (Wildman–Crippen LogP) is 2.15. The van der Waals surface area contributed by atoms with Crippen molar-refractivity contribution in [1.29, 1.82) is 0 Å². The van der Waals surface area contributed by atoms with E-state index in [1.54, 1.807) is 13.0 Å². The van der Waals surface area contributed by atoms with Crippen LogP contribution in [-0.4, -0.2) is 64.0 Å². The second-order valence-corrected chi connectivity index (χ2v) is 9.14. The monoisotopic (exact) mass is 456 g/mol. The molecule has 3 rings (SSSR count). The van der Waals surface area contributed by atoms with Crippen LogP contribution >= 0.6 is 0 Å². The molecule has 2 N–H and O–H groups in total. The van der Waals surface area contributed by atoms with Crippen LogP contribution in [-0.2, 0) is 17.9 Å². The highest BCUT2D eigenvalue weighted by Gasteiger charge is 2.20. The zero-order chi connectivity index (χ0) is 23.8. The van der Waals surface area contributed by atoms with Crippen molar-refractivity contribution in [2.45, 2.75) is 59.7 Å². The van der Waals surface area contributed by atoms with Gasteiger partial charge in [-0.3, -0.25) is 19.2 Å². The molecule has 9 nitrogen and oxygen atoms in total. The summed E-state index contributed by atoms with van der Waals surface area (Å²) >= 11 is 0. The fourth-order valence-electron chi connectivity index (χ4n) is 3.85. The minimum atomic E-state index is -0.644. The first-order valence-corrected chi connectivity index (χ1v) is 11.7. The van der Waals surface area contributed by atoms with Gasteiger partial charge in [0.2, 0.25) is 5.91 Å². The highest BCUT2D eigenvalue weighted by atomic mass is 16.5. The fraction of sp³-hybridized carbons (Fsp3) is 0.583. The zero-order valence-corrected chi connectivity index (χ0v) is 20.1. The molecule has 0 fully saturated rings. The normalized spacial score (nSPS) is 19.5. The average molecular weight is 457 g/mol. The SMILES string of the molecule is Cc1ccc2c(c1)OCCCn1cc(nn1)CN(CC(C)C)CCCNC(=O)[C@@H](C)NC2=O. The number of hydrogen-bond donors (Lipinski definition) is 2. The number of carbonyl (C=O) groups excluding carboxylic acids is 2. The third kappa shape index (κ3) is 7.56. The van der Waals surface area contributed by atoms with Gasteiger partial charge < -0.3 is 15.4 Å². The molecule has 0 radical (unpaired) electrons. The molecule has 2 heterocycles. The highest BCUT2D eigenvalue weighted by molar-refractivity contribution is 5.99. The number of benzene rings is 1. The van der Waals surface area contributed by atoms with Crippen molar-refractivity contribution in [3.63, 3.8) is 0 Å². The van der Waals surface area contributed by atoms with Gasteiger partial charge in [-0.2, -0.15) is 0 Å². The molecular formula is C24H36N6O3. The summed E-state index contributed by atoms with van der Waals surface area (Å²) in [6.45, 7) is 12.2. The average Bonchev–Trinajstić information content (AvgIpc) is 3.20. The Bertz CT molecular complexity index is 942. The number of amides is 2. The van der Waals surface area contributed by atoms with Gasteiger partial charge in [0.05, 0.1) is 17.9 Å². The van der Waals surface area contributed by atoms with Gasteiger partial charge in [-0.05, 0) is 43.9 Å². The predicted molar refractivity (Wildman–Crippen MR) is 126 cm³/mol. The van der Waals surface area contributed by atoms with Crippen molar-refractivity contribution >= 4 is 11.8 Å². The smallest absolute Gasteiger partial charge is 0.255 e. The molecular weight excluding hydrogens is 420 g/mol. The summed E-state index contributed by atoms with van der Waals surface area (Å²) in [7, 11) is 0. The van der Waals surface area contributed by atoms with Crippen molar-refractivity contribution in [2.24, 2.45) is 5.92 Å². The van der Waals surface area contributed by atoms with Crippen molar-refractivity contribution < 1.29 is 14.3 Å². The standard InChI is InChI=1S/C24H36N6O3/c1-17(2)14-29-10-5-9-25-23(31)19(4)26-24(32)21-8-7-18(3)13-22(21)33-12-6-11-30-16-20(15-29)27-28-30/h7-8,13,16-17,19H,5-6,9-12,14-15H2,1-4H3,(H,25,31)(H,26,32)/t19-/m1/s1. The number of rotatable bonds is 2. The first kappa shape index (κ1) is 24.7. The van der Waals surface area contributed by atoms with Gasteiger partial charge in [-0.15, -0.1) is 5.10 Å². The van der Waals surface area contributed by atoms with E-state index >= 15 is 0 Å². The van der Waals surface area contributed by atoms with Crippen LogP contribution in [0.3, 0.4) is 0 Å². The van der Waals surface area contributed by atoms with Crippen LogP contribution in [0.25, 0.3) is 0 Å². The van der Waals surface area contributed by atoms with E-state index in [0.717, 1.165) is 43.7 Å². The summed E-state index contributed by atoms with van der Waals surface area (Å²) in [4.78, 5) is 27.7. The van der Waals surface area contributed by atoms with E-state index in [-0.39, 0.29) is 11.8 Å². The Labute approximate surface area is 195 Å². The van der Waals surface area contributed by atoms with E-state index in [4.69, 9.17) is 4.74 Å². The quantitative estimate of drug-likeness (QED) is 0.718. The summed E-state index contributed by atoms with van der Waals surface area (Å²) in [6.07, 6.45) is 3.52. The number of aryl methyl sites for hydroxylation is 2. The van der Waals surface area contributed by atoms with Gasteiger partial charge in [-0.25, -0.2) is 0 Å². The number of hydrogen-bond acceptors (Lipinski definition) is 6. The molecule has 0 aliphatic carbocycles. The molecule has 0 saturated carbocycles. The molecule has 1 aromatic carbocycles. The molecule has 2 aromatic rings. The number of nitrogens with zero attached hydrogens (tertiary/aromatic N) is 4. The zero-order valence-electron chi connectivity index (χ0n) is 20.1. The maximum absolute atomic E-state index is 12.8. The van der Waals surface area contributed by atoms with E-state index in [1.165, 1.54) is 0 Å². The summed E-state index contributed by atoms with van der Waals surface area (Å²) in [5.41, 5.74) is 2.35. The van der Waals surface area contributed by atoms with Gasteiger partial charge in [0.25, 0.3) is 5.91 Å². The van der Waals surface area contributed by atoms with Gasteiger partial charge in [0.1, 0.15) is 11.8 Å². The molecule has 0 saturated heterocycles. The third-order valence-corrected chi connectivity index (χ3v) is 5.46. The van der Waals surface area contributed by atoms with Crippen LogP contribution in [0.4, 0.5) is 0 Å². The molecule has 2 bridgehead atoms. The Hall–Kier alpha value is -2.94. The molecule has 2 amide bonds. The van der Waals surface area contributed by atoms with E-state index in [1.807, 2.05) is 29.9 Å². The maximum atomic E-state index is 12.8. The van der Waals surface area contributed by atoms with Crippen LogP contribution in [0.15, 0.2) is 24.4 Å². The minimum Gasteiger partial charge on any atom is -0.493 e. The molecule has 33 heavy (non-hydrogen) atoms. The summed E-state index contributed by atoms with van der Waals surface area (Å²) in [5.74, 6) is 0.513. The molecule has 0 unspecified atom stereocenters. The van der Waals surface area contributed by atoms with Crippen LogP contribution in [0.2, 0.25) is 0 Å². The molecule has 0 spiro atoms. The Kier molecular flexibility index (Phi) is 8.82. The van der Waals surface area contributed by atoms with E-state index in [2.05, 4.69) is 39.7 Å². The van der Waals surface area contributed by atoms with Crippen molar-refractivity contribution in [2.75, 3.05) is 26.2 Å². The van der Waals surface area contributed by atoms with Crippen molar-refractivity contribution in [3.05, 3.63) is 41.2 Å². The number of fused-ring (bicyclic) bond motifs is 3. The van der Waals surface area contributed by atoms with Gasteiger partial charge in [0.15, 0.2) is 0 Å². The number of aromatic nitrogens is 3. The lowest BCUT2D eigenvalue weighted by atomic mass is 10.1. The van der Waals surface area contributed by atoms with Gasteiger partial charge in [-0.1, -0.05) is 25.1 Å². The molecule has 9 heteroatoms. The topological polar surface area (TPSA) is 101 Å². The van der Waals surface area contributed by atoms with Gasteiger partial charge in [0, 0.05) is 45.3 Å². The van der Waals surface area contributed by atoms with Gasteiger partial charge >= 0.3 is 0 Å². The van der Waals surface area contributed by atoms with E-state index in [0.29, 0.717) is 36.9 Å². The Morgan fingerprint density at radius 3 is 2.82 bits per heavy atom. The Morgan fingerprint density at radius 1 is 1.21 bits per heavy atom. The van der Waals surface area contributed by atoms with Crippen molar-refractivity contribution in [3.8, 4) is 5.75 Å². The fourth-order valence-corrected chi connectivity index (χ4v) is 3.85. The van der Waals surface area contributed by atoms with Crippen LogP contribution in [0, 0.1) is 12.8 Å².